The number of hydrogen-bond acceptors (Lipinski definition) is 3. The third kappa shape index (κ3) is 4.89. The number of nitrogens with one attached hydrogen (secondary N) is 2. The summed E-state index contributed by atoms with van der Waals surface area (Å²) in [6.45, 7) is 3.42. The van der Waals surface area contributed by atoms with E-state index in [1.807, 2.05) is 0 Å². The lowest BCUT2D eigenvalue weighted by Gasteiger charge is -2.31. The summed E-state index contributed by atoms with van der Waals surface area (Å²) in [7, 11) is 1.69. The van der Waals surface area contributed by atoms with Crippen molar-refractivity contribution in [2.24, 2.45) is 0 Å². The number of rotatable bonds is 5. The Morgan fingerprint density at radius 3 is 2.55 bits per heavy atom. The smallest absolute Gasteiger partial charge is 0.233 e. The Morgan fingerprint density at radius 1 is 1.30 bits per heavy atom. The minimum Gasteiger partial charge on any atom is -0.358 e. The average molecular weight is 340 g/mol. The van der Waals surface area contributed by atoms with Crippen molar-refractivity contribution in [3.8, 4) is 0 Å². The molecule has 20 heavy (non-hydrogen) atoms. The minimum absolute atomic E-state index is 0.103. The van der Waals surface area contributed by atoms with Gasteiger partial charge in [0.05, 0.1) is 6.54 Å². The zero-order chi connectivity index (χ0) is 14.4. The molecule has 2 N–H and O–H groups in total. The molecule has 4 nitrogen and oxygen atoms in total. The highest BCUT2D eigenvalue weighted by Gasteiger charge is 2.19. The molecule has 110 valence electrons. The van der Waals surface area contributed by atoms with Crippen LogP contribution in [0.2, 0.25) is 0 Å². The maximum Gasteiger partial charge on any atom is 0.233 e. The van der Waals surface area contributed by atoms with Crippen molar-refractivity contribution >= 4 is 21.8 Å². The highest BCUT2D eigenvalue weighted by atomic mass is 79.9. The number of likely N-dealkylation sites (tertiary alicyclic amines) is 1. The van der Waals surface area contributed by atoms with E-state index in [2.05, 4.69) is 55.7 Å². The molecule has 1 aromatic carbocycles. The van der Waals surface area contributed by atoms with Gasteiger partial charge in [0, 0.05) is 37.2 Å². The molecule has 0 bridgehead atoms. The second-order valence-corrected chi connectivity index (χ2v) is 6.15. The van der Waals surface area contributed by atoms with E-state index < -0.39 is 0 Å². The number of likely N-dealkylation sites (N-methyl/N-ethyl adjacent to an activating group) is 1. The molecule has 0 aliphatic carbocycles. The molecule has 0 atom stereocenters. The Balaban J connectivity index is 1.69. The van der Waals surface area contributed by atoms with Crippen molar-refractivity contribution in [1.82, 2.24) is 15.5 Å². The maximum atomic E-state index is 11.3. The van der Waals surface area contributed by atoms with Gasteiger partial charge in [0.2, 0.25) is 5.91 Å². The fourth-order valence-electron chi connectivity index (χ4n) is 2.44. The Morgan fingerprint density at radius 2 is 1.95 bits per heavy atom. The van der Waals surface area contributed by atoms with Crippen LogP contribution in [0.15, 0.2) is 28.7 Å². The summed E-state index contributed by atoms with van der Waals surface area (Å²) < 4.78 is 1.11. The molecule has 2 rings (SSSR count). The van der Waals surface area contributed by atoms with E-state index in [1.165, 1.54) is 5.56 Å². The van der Waals surface area contributed by atoms with Gasteiger partial charge in [-0.25, -0.2) is 0 Å². The summed E-state index contributed by atoms with van der Waals surface area (Å²) in [6, 6.07) is 8.97. The fraction of sp³-hybridized carbons (Fsp3) is 0.533. The van der Waals surface area contributed by atoms with Crippen LogP contribution in [0.4, 0.5) is 0 Å². The van der Waals surface area contributed by atoms with Gasteiger partial charge in [0.1, 0.15) is 0 Å². The van der Waals surface area contributed by atoms with E-state index in [9.17, 15) is 4.79 Å². The third-order valence-corrected chi connectivity index (χ3v) is 4.27. The van der Waals surface area contributed by atoms with Gasteiger partial charge in [0.25, 0.3) is 0 Å². The van der Waals surface area contributed by atoms with E-state index in [-0.39, 0.29) is 5.91 Å². The molecule has 1 amide bonds. The monoisotopic (exact) mass is 339 g/mol. The largest absolute Gasteiger partial charge is 0.358 e. The number of nitrogens with zero attached hydrogens (tertiary/aromatic N) is 1. The molecule has 1 aliphatic heterocycles. The summed E-state index contributed by atoms with van der Waals surface area (Å²) >= 11 is 3.45. The predicted octanol–water partition coefficient (Wildman–Crippen LogP) is 1.75. The van der Waals surface area contributed by atoms with Crippen molar-refractivity contribution in [2.45, 2.75) is 25.4 Å². The number of amides is 1. The zero-order valence-electron chi connectivity index (χ0n) is 11.9. The van der Waals surface area contributed by atoms with E-state index in [0.29, 0.717) is 12.6 Å². The van der Waals surface area contributed by atoms with Crippen LogP contribution in [0.1, 0.15) is 18.4 Å². The van der Waals surface area contributed by atoms with Gasteiger partial charge in [-0.15, -0.1) is 0 Å². The van der Waals surface area contributed by atoms with Gasteiger partial charge in [-0.3, -0.25) is 9.69 Å². The van der Waals surface area contributed by atoms with Gasteiger partial charge >= 0.3 is 0 Å². The van der Waals surface area contributed by atoms with Crippen LogP contribution in [0.3, 0.4) is 0 Å². The molecular formula is C15H22BrN3O. The van der Waals surface area contributed by atoms with E-state index in [1.54, 1.807) is 7.05 Å². The lowest BCUT2D eigenvalue weighted by molar-refractivity contribution is -0.122. The predicted molar refractivity (Wildman–Crippen MR) is 84.5 cm³/mol. The normalized spacial score (nSPS) is 17.1. The number of piperidine rings is 1. The van der Waals surface area contributed by atoms with Crippen LogP contribution < -0.4 is 10.6 Å². The molecule has 0 aromatic heterocycles. The number of benzene rings is 1. The Labute approximate surface area is 129 Å². The lowest BCUT2D eigenvalue weighted by atomic mass is 10.0. The first-order chi connectivity index (χ1) is 9.67. The highest BCUT2D eigenvalue weighted by Crippen LogP contribution is 2.13. The summed E-state index contributed by atoms with van der Waals surface area (Å²) in [4.78, 5) is 13.5. The van der Waals surface area contributed by atoms with E-state index in [0.717, 1.165) is 36.9 Å². The van der Waals surface area contributed by atoms with Crippen LogP contribution in [0, 0.1) is 0 Å². The average Bonchev–Trinajstić information content (AvgIpc) is 2.48. The summed E-state index contributed by atoms with van der Waals surface area (Å²) in [5.41, 5.74) is 1.31. The SMILES string of the molecule is CNC(=O)CN1CCC(NCc2ccc(Br)cc2)CC1. The van der Waals surface area contributed by atoms with Crippen molar-refractivity contribution in [2.75, 3.05) is 26.7 Å². The van der Waals surface area contributed by atoms with Crippen LogP contribution in [0.25, 0.3) is 0 Å². The van der Waals surface area contributed by atoms with Gasteiger partial charge in [-0.05, 0) is 30.5 Å². The summed E-state index contributed by atoms with van der Waals surface area (Å²) in [6.07, 6.45) is 2.21. The molecule has 5 heteroatoms. The van der Waals surface area contributed by atoms with Gasteiger partial charge in [-0.2, -0.15) is 0 Å². The maximum absolute atomic E-state index is 11.3. The molecule has 0 unspecified atom stereocenters. The Kier molecular flexibility index (Phi) is 6.01. The van der Waals surface area contributed by atoms with Gasteiger partial charge < -0.3 is 10.6 Å². The molecule has 1 fully saturated rings. The lowest BCUT2D eigenvalue weighted by Crippen LogP contribution is -2.45. The minimum atomic E-state index is 0.103. The molecule has 1 aromatic rings. The second-order valence-electron chi connectivity index (χ2n) is 5.23. The Bertz CT molecular complexity index is 427. The number of carbonyl (C=O) groups excluding carboxylic acids is 1. The van der Waals surface area contributed by atoms with E-state index >= 15 is 0 Å². The number of hydrogen-bond donors (Lipinski definition) is 2. The van der Waals surface area contributed by atoms with Gasteiger partial charge in [-0.1, -0.05) is 28.1 Å². The van der Waals surface area contributed by atoms with Crippen molar-refractivity contribution in [3.63, 3.8) is 0 Å². The zero-order valence-corrected chi connectivity index (χ0v) is 13.4. The Hall–Kier alpha value is -0.910. The van der Waals surface area contributed by atoms with Crippen LogP contribution >= 0.6 is 15.9 Å². The number of halogens is 1. The quantitative estimate of drug-likeness (QED) is 0.858. The third-order valence-electron chi connectivity index (χ3n) is 3.74. The van der Waals surface area contributed by atoms with Crippen LogP contribution in [0.5, 0.6) is 0 Å². The first kappa shape index (κ1) is 15.5. The molecule has 1 aliphatic rings. The first-order valence-corrected chi connectivity index (χ1v) is 7.87. The topological polar surface area (TPSA) is 44.4 Å². The van der Waals surface area contributed by atoms with Crippen LogP contribution in [-0.2, 0) is 11.3 Å². The summed E-state index contributed by atoms with van der Waals surface area (Å²) in [5.74, 6) is 0.103. The van der Waals surface area contributed by atoms with Crippen molar-refractivity contribution < 1.29 is 4.79 Å². The standard InChI is InChI=1S/C15H22BrN3O/c1-17-15(20)11-19-8-6-14(7-9-19)18-10-12-2-4-13(16)5-3-12/h2-5,14,18H,6-11H2,1H3,(H,17,20). The van der Waals surface area contributed by atoms with Gasteiger partial charge in [0.15, 0.2) is 0 Å². The molecular weight excluding hydrogens is 318 g/mol. The van der Waals surface area contributed by atoms with E-state index in [4.69, 9.17) is 0 Å². The van der Waals surface area contributed by atoms with Crippen LogP contribution in [-0.4, -0.2) is 43.5 Å². The second kappa shape index (κ2) is 7.76. The first-order valence-electron chi connectivity index (χ1n) is 7.08. The molecule has 0 spiro atoms. The molecule has 0 radical (unpaired) electrons. The fourth-order valence-corrected chi connectivity index (χ4v) is 2.71. The molecule has 1 saturated heterocycles. The highest BCUT2D eigenvalue weighted by molar-refractivity contribution is 9.10. The number of carbonyl (C=O) groups is 1. The molecule has 0 saturated carbocycles. The van der Waals surface area contributed by atoms with Crippen molar-refractivity contribution in [1.29, 1.82) is 0 Å². The van der Waals surface area contributed by atoms with Crippen molar-refractivity contribution in [3.05, 3.63) is 34.3 Å². The molecule has 1 heterocycles. The summed E-state index contributed by atoms with van der Waals surface area (Å²) in [5, 5.41) is 6.28.